The van der Waals surface area contributed by atoms with Crippen molar-refractivity contribution in [2.45, 2.75) is 458 Å². The molecule has 4 unspecified atom stereocenters. The first-order chi connectivity index (χ1) is 49.4. The van der Waals surface area contributed by atoms with Crippen LogP contribution in [0.2, 0.25) is 0 Å². The van der Waals surface area contributed by atoms with E-state index < -0.39 is 97.5 Å². The van der Waals surface area contributed by atoms with Crippen molar-refractivity contribution in [3.8, 4) is 0 Å². The number of esters is 4. The first-order valence-corrected chi connectivity index (χ1v) is 46.1. The Morgan fingerprint density at radius 3 is 0.696 bits per heavy atom. The second-order valence-electron chi connectivity index (χ2n) is 30.4. The number of rotatable bonds is 82. The summed E-state index contributed by atoms with van der Waals surface area (Å²) in [6.45, 7) is 9.68. The van der Waals surface area contributed by atoms with Crippen molar-refractivity contribution in [2.75, 3.05) is 39.6 Å². The molecule has 102 heavy (non-hydrogen) atoms. The van der Waals surface area contributed by atoms with Crippen molar-refractivity contribution >= 4 is 39.5 Å². The van der Waals surface area contributed by atoms with Crippen LogP contribution in [0.4, 0.5) is 0 Å². The molecule has 0 aliphatic carbocycles. The van der Waals surface area contributed by atoms with Gasteiger partial charge < -0.3 is 33.8 Å². The molecule has 3 N–H and O–H groups in total. The van der Waals surface area contributed by atoms with E-state index in [9.17, 15) is 43.2 Å². The zero-order valence-corrected chi connectivity index (χ0v) is 68.7. The first kappa shape index (κ1) is 100. The van der Waals surface area contributed by atoms with Gasteiger partial charge in [-0.05, 0) is 37.5 Å². The summed E-state index contributed by atoms with van der Waals surface area (Å²) >= 11 is 0. The van der Waals surface area contributed by atoms with Crippen molar-refractivity contribution in [3.05, 3.63) is 0 Å². The maximum atomic E-state index is 13.1. The highest BCUT2D eigenvalue weighted by Gasteiger charge is 2.30. The Morgan fingerprint density at radius 1 is 0.275 bits per heavy atom. The number of hydrogen-bond donors (Lipinski definition) is 3. The summed E-state index contributed by atoms with van der Waals surface area (Å²) in [5.74, 6) is -0.504. The van der Waals surface area contributed by atoms with Gasteiger partial charge in [0.15, 0.2) is 12.2 Å². The molecule has 0 saturated heterocycles. The number of carbonyl (C=O) groups excluding carboxylic acids is 4. The SMILES string of the molecule is CCCCCCCCCCCCCCCCCCC(=O)OC[C@H](COP(=O)(O)OC[C@@H](O)COP(=O)(O)OC[C@@H](COC(=O)CCCCCCCCC(C)CC)OC(=O)CCCCCCCCCCCCCCCC)OC(=O)CCCCCCCCCCCCCCCCCCCCC(C)CC. The smallest absolute Gasteiger partial charge is 0.462 e. The highest BCUT2D eigenvalue weighted by atomic mass is 31.2. The molecule has 0 spiro atoms. The molecule has 606 valence electrons. The number of hydrogen-bond acceptors (Lipinski definition) is 15. The lowest BCUT2D eigenvalue weighted by atomic mass is 9.99. The molecule has 0 aromatic rings. The highest BCUT2D eigenvalue weighted by Crippen LogP contribution is 2.45. The van der Waals surface area contributed by atoms with E-state index in [0.29, 0.717) is 25.7 Å². The van der Waals surface area contributed by atoms with Crippen molar-refractivity contribution in [1.82, 2.24) is 0 Å². The Hall–Kier alpha value is -1.94. The first-order valence-electron chi connectivity index (χ1n) is 43.1. The normalized spacial score (nSPS) is 14.4. The van der Waals surface area contributed by atoms with Crippen LogP contribution in [0, 0.1) is 11.8 Å². The zero-order valence-electron chi connectivity index (χ0n) is 66.9. The van der Waals surface area contributed by atoms with Gasteiger partial charge in [0.25, 0.3) is 0 Å². The average molecular weight is 1490 g/mol. The highest BCUT2D eigenvalue weighted by molar-refractivity contribution is 7.47. The van der Waals surface area contributed by atoms with Crippen LogP contribution in [0.5, 0.6) is 0 Å². The van der Waals surface area contributed by atoms with E-state index in [1.807, 2.05) is 0 Å². The molecule has 0 fully saturated rings. The molecule has 0 heterocycles. The zero-order chi connectivity index (χ0) is 74.9. The molecule has 0 amide bonds. The van der Waals surface area contributed by atoms with Crippen molar-refractivity contribution in [2.24, 2.45) is 11.8 Å². The fraction of sp³-hybridized carbons (Fsp3) is 0.952. The van der Waals surface area contributed by atoms with E-state index >= 15 is 0 Å². The molecule has 19 heteroatoms. The molecule has 0 aromatic carbocycles. The summed E-state index contributed by atoms with van der Waals surface area (Å²) in [7, 11) is -9.92. The second-order valence-corrected chi connectivity index (χ2v) is 33.3. The lowest BCUT2D eigenvalue weighted by Crippen LogP contribution is -2.30. The summed E-state index contributed by atoms with van der Waals surface area (Å²) in [5.41, 5.74) is 0. The lowest BCUT2D eigenvalue weighted by Gasteiger charge is -2.21. The summed E-state index contributed by atoms with van der Waals surface area (Å²) in [5, 5.41) is 10.7. The summed E-state index contributed by atoms with van der Waals surface area (Å²) in [4.78, 5) is 73.1. The van der Waals surface area contributed by atoms with Gasteiger partial charge in [0.1, 0.15) is 19.3 Å². The Balaban J connectivity index is 5.22. The van der Waals surface area contributed by atoms with Crippen LogP contribution in [0.25, 0.3) is 0 Å². The molecule has 0 radical (unpaired) electrons. The largest absolute Gasteiger partial charge is 0.472 e. The summed E-state index contributed by atoms with van der Waals surface area (Å²) in [6.07, 6.45) is 65.2. The fourth-order valence-electron chi connectivity index (χ4n) is 12.8. The van der Waals surface area contributed by atoms with Crippen molar-refractivity contribution in [3.63, 3.8) is 0 Å². The third-order valence-corrected chi connectivity index (χ3v) is 22.1. The number of phosphoric acid groups is 2. The number of aliphatic hydroxyl groups is 1. The van der Waals surface area contributed by atoms with Gasteiger partial charge in [0.2, 0.25) is 0 Å². The quantitative estimate of drug-likeness (QED) is 0.0222. The van der Waals surface area contributed by atoms with Gasteiger partial charge in [-0.25, -0.2) is 9.13 Å². The number of carbonyl (C=O) groups is 4. The van der Waals surface area contributed by atoms with Gasteiger partial charge in [-0.15, -0.1) is 0 Å². The standard InChI is InChI=1S/C83H162O17P2/c1-7-11-13-15-17-19-21-23-25-31-35-38-42-46-53-59-65-80(85)93-71-78(99-82(87)68-62-56-48-44-40-36-32-29-27-26-28-30-33-37-41-45-51-57-63-75(5)9-3)73-97-101(89,90)95-69-77(84)70-96-102(91,92)98-74-79(72-94-81(86)66-60-54-50-49-52-58-64-76(6)10-4)100-83(88)67-61-55-47-43-39-34-24-22-20-18-16-14-12-8-2/h75-79,84H,7-74H2,1-6H3,(H,89,90)(H,91,92)/t75?,76?,77-,78-,79-/m1/s1. The lowest BCUT2D eigenvalue weighted by molar-refractivity contribution is -0.161. The van der Waals surface area contributed by atoms with Crippen molar-refractivity contribution in [1.29, 1.82) is 0 Å². The third-order valence-electron chi connectivity index (χ3n) is 20.2. The van der Waals surface area contributed by atoms with Crippen LogP contribution < -0.4 is 0 Å². The summed E-state index contributed by atoms with van der Waals surface area (Å²) in [6, 6.07) is 0. The molecule has 0 rings (SSSR count). The molecule has 0 saturated carbocycles. The average Bonchev–Trinajstić information content (AvgIpc) is 1.00. The second kappa shape index (κ2) is 74.5. The monoisotopic (exact) mass is 1490 g/mol. The minimum Gasteiger partial charge on any atom is -0.462 e. The Labute approximate surface area is 626 Å². The van der Waals surface area contributed by atoms with Crippen LogP contribution in [0.15, 0.2) is 0 Å². The predicted molar refractivity (Wildman–Crippen MR) is 418 cm³/mol. The Bertz CT molecular complexity index is 1960. The number of ether oxygens (including phenoxy) is 4. The van der Waals surface area contributed by atoms with Gasteiger partial charge in [-0.3, -0.25) is 37.3 Å². The van der Waals surface area contributed by atoms with E-state index in [0.717, 1.165) is 108 Å². The van der Waals surface area contributed by atoms with E-state index in [-0.39, 0.29) is 25.7 Å². The van der Waals surface area contributed by atoms with Gasteiger partial charge in [-0.2, -0.15) is 0 Å². The van der Waals surface area contributed by atoms with Crippen LogP contribution in [0.1, 0.15) is 440 Å². The molecule has 7 atom stereocenters. The van der Waals surface area contributed by atoms with Crippen molar-refractivity contribution < 1.29 is 80.2 Å². The van der Waals surface area contributed by atoms with Crippen LogP contribution >= 0.6 is 15.6 Å². The fourth-order valence-corrected chi connectivity index (χ4v) is 14.4. The van der Waals surface area contributed by atoms with E-state index in [1.54, 1.807) is 0 Å². The molecule has 0 aliphatic rings. The maximum Gasteiger partial charge on any atom is 0.472 e. The van der Waals surface area contributed by atoms with Crippen LogP contribution in [-0.4, -0.2) is 96.7 Å². The van der Waals surface area contributed by atoms with Gasteiger partial charge in [-0.1, -0.05) is 388 Å². The molecule has 17 nitrogen and oxygen atoms in total. The van der Waals surface area contributed by atoms with Gasteiger partial charge in [0.05, 0.1) is 26.4 Å². The van der Waals surface area contributed by atoms with E-state index in [1.165, 1.54) is 250 Å². The molecular formula is C83H162O17P2. The number of unbranched alkanes of at least 4 members (excludes halogenated alkanes) is 50. The van der Waals surface area contributed by atoms with E-state index in [4.69, 9.17) is 37.0 Å². The third kappa shape index (κ3) is 73.6. The Kier molecular flexibility index (Phi) is 73.1. The number of aliphatic hydroxyl groups excluding tert-OH is 1. The van der Waals surface area contributed by atoms with E-state index in [2.05, 4.69) is 41.5 Å². The summed E-state index contributed by atoms with van der Waals surface area (Å²) < 4.78 is 68.8. The predicted octanol–water partition coefficient (Wildman–Crippen LogP) is 25.1. The minimum absolute atomic E-state index is 0.107. The number of phosphoric ester groups is 2. The molecule has 0 aliphatic heterocycles. The molecular weight excluding hydrogens is 1330 g/mol. The van der Waals surface area contributed by atoms with Crippen LogP contribution in [0.3, 0.4) is 0 Å². The van der Waals surface area contributed by atoms with Gasteiger partial charge >= 0.3 is 39.5 Å². The van der Waals surface area contributed by atoms with Crippen LogP contribution in [-0.2, 0) is 65.4 Å². The molecule has 0 bridgehead atoms. The topological polar surface area (TPSA) is 237 Å². The maximum absolute atomic E-state index is 13.1. The minimum atomic E-state index is -4.96. The van der Waals surface area contributed by atoms with Gasteiger partial charge in [0, 0.05) is 25.7 Å². The Morgan fingerprint density at radius 2 is 0.471 bits per heavy atom. The molecule has 0 aromatic heterocycles.